The van der Waals surface area contributed by atoms with Crippen LogP contribution in [0.1, 0.15) is 33.1 Å². The number of allylic oxidation sites excluding steroid dienone is 1. The van der Waals surface area contributed by atoms with E-state index in [0.29, 0.717) is 12.5 Å². The summed E-state index contributed by atoms with van der Waals surface area (Å²) in [6, 6.07) is 0. The van der Waals surface area contributed by atoms with Crippen LogP contribution in [0.5, 0.6) is 0 Å². The fraction of sp³-hybridized carbons (Fsp3) is 0.800. The molecular weight excluding hydrogens is 150 g/mol. The van der Waals surface area contributed by atoms with E-state index in [1.54, 1.807) is 0 Å². The summed E-state index contributed by atoms with van der Waals surface area (Å²) in [5.41, 5.74) is 1.35. The average Bonchev–Trinajstić information content (AvgIpc) is 2.20. The molecule has 2 nitrogen and oxygen atoms in total. The van der Waals surface area contributed by atoms with Crippen LogP contribution in [0.4, 0.5) is 0 Å². The van der Waals surface area contributed by atoms with Crippen molar-refractivity contribution < 1.29 is 5.11 Å². The standard InChI is InChI=1S/C10H19NO/c1-8-9(5-4-6-12)7-10(2,3)11-8/h9,11-12H,1,4-7H2,2-3H3. The van der Waals surface area contributed by atoms with Crippen LogP contribution in [0, 0.1) is 5.92 Å². The van der Waals surface area contributed by atoms with Crippen LogP contribution < -0.4 is 5.32 Å². The fourth-order valence-corrected chi connectivity index (χ4v) is 1.94. The van der Waals surface area contributed by atoms with E-state index < -0.39 is 0 Å². The third-order valence-corrected chi connectivity index (χ3v) is 2.46. The zero-order valence-electron chi connectivity index (χ0n) is 8.06. The highest BCUT2D eigenvalue weighted by molar-refractivity contribution is 5.11. The van der Waals surface area contributed by atoms with E-state index >= 15 is 0 Å². The van der Waals surface area contributed by atoms with Gasteiger partial charge in [-0.15, -0.1) is 0 Å². The Labute approximate surface area is 74.7 Å². The van der Waals surface area contributed by atoms with E-state index in [1.807, 2.05) is 0 Å². The van der Waals surface area contributed by atoms with Gasteiger partial charge in [-0.25, -0.2) is 0 Å². The molecule has 0 bridgehead atoms. The first kappa shape index (κ1) is 9.59. The summed E-state index contributed by atoms with van der Waals surface area (Å²) in [4.78, 5) is 0. The largest absolute Gasteiger partial charge is 0.396 e. The van der Waals surface area contributed by atoms with Crippen molar-refractivity contribution in [2.24, 2.45) is 5.92 Å². The van der Waals surface area contributed by atoms with Gasteiger partial charge < -0.3 is 10.4 Å². The third kappa shape index (κ3) is 2.24. The first-order valence-electron chi connectivity index (χ1n) is 4.63. The van der Waals surface area contributed by atoms with Gasteiger partial charge in [-0.2, -0.15) is 0 Å². The van der Waals surface area contributed by atoms with E-state index in [9.17, 15) is 0 Å². The van der Waals surface area contributed by atoms with Crippen LogP contribution in [0.2, 0.25) is 0 Å². The van der Waals surface area contributed by atoms with E-state index in [2.05, 4.69) is 25.7 Å². The predicted octanol–water partition coefficient (Wildman–Crippen LogP) is 1.66. The molecular formula is C10H19NO. The van der Waals surface area contributed by atoms with Crippen molar-refractivity contribution in [3.8, 4) is 0 Å². The zero-order valence-corrected chi connectivity index (χ0v) is 8.06. The molecule has 0 aliphatic carbocycles. The van der Waals surface area contributed by atoms with E-state index in [-0.39, 0.29) is 5.54 Å². The average molecular weight is 169 g/mol. The Kier molecular flexibility index (Phi) is 2.78. The minimum atomic E-state index is 0.206. The lowest BCUT2D eigenvalue weighted by atomic mass is 9.93. The molecule has 70 valence electrons. The lowest BCUT2D eigenvalue weighted by Crippen LogP contribution is -2.30. The van der Waals surface area contributed by atoms with Gasteiger partial charge in [-0.3, -0.25) is 0 Å². The van der Waals surface area contributed by atoms with Gasteiger partial charge in [-0.05, 0) is 33.1 Å². The molecule has 0 aromatic heterocycles. The Morgan fingerprint density at radius 1 is 1.67 bits per heavy atom. The van der Waals surface area contributed by atoms with Crippen molar-refractivity contribution in [3.63, 3.8) is 0 Å². The molecule has 1 rings (SSSR count). The van der Waals surface area contributed by atoms with Crippen LogP contribution in [0.3, 0.4) is 0 Å². The Morgan fingerprint density at radius 3 is 2.75 bits per heavy atom. The molecule has 1 unspecified atom stereocenters. The second-order valence-corrected chi connectivity index (χ2v) is 4.30. The Morgan fingerprint density at radius 2 is 2.33 bits per heavy atom. The van der Waals surface area contributed by atoms with Crippen molar-refractivity contribution in [1.82, 2.24) is 5.32 Å². The maximum Gasteiger partial charge on any atom is 0.0431 e. The number of aliphatic hydroxyl groups excluding tert-OH is 1. The summed E-state index contributed by atoms with van der Waals surface area (Å²) < 4.78 is 0. The zero-order chi connectivity index (χ0) is 9.19. The summed E-state index contributed by atoms with van der Waals surface area (Å²) >= 11 is 0. The van der Waals surface area contributed by atoms with Crippen LogP contribution in [-0.2, 0) is 0 Å². The van der Waals surface area contributed by atoms with Crippen LogP contribution >= 0.6 is 0 Å². The Balaban J connectivity index is 2.42. The molecule has 1 aliphatic rings. The maximum absolute atomic E-state index is 8.69. The topological polar surface area (TPSA) is 32.3 Å². The molecule has 2 heteroatoms. The number of hydrogen-bond donors (Lipinski definition) is 2. The van der Waals surface area contributed by atoms with Gasteiger partial charge in [0.15, 0.2) is 0 Å². The summed E-state index contributed by atoms with van der Waals surface area (Å²) in [6.07, 6.45) is 3.10. The van der Waals surface area contributed by atoms with Gasteiger partial charge in [0.25, 0.3) is 0 Å². The molecule has 1 atom stereocenters. The normalized spacial score (nSPS) is 27.2. The van der Waals surface area contributed by atoms with Gasteiger partial charge in [0, 0.05) is 23.8 Å². The fourth-order valence-electron chi connectivity index (χ4n) is 1.94. The second kappa shape index (κ2) is 3.48. The van der Waals surface area contributed by atoms with Crippen molar-refractivity contribution in [2.45, 2.75) is 38.6 Å². The molecule has 1 aliphatic heterocycles. The second-order valence-electron chi connectivity index (χ2n) is 4.30. The lowest BCUT2D eigenvalue weighted by Gasteiger charge is -2.17. The SMILES string of the molecule is C=C1NC(C)(C)CC1CCCO. The molecule has 0 spiro atoms. The highest BCUT2D eigenvalue weighted by Gasteiger charge is 2.32. The first-order valence-corrected chi connectivity index (χ1v) is 4.63. The van der Waals surface area contributed by atoms with Gasteiger partial charge in [0.2, 0.25) is 0 Å². The van der Waals surface area contributed by atoms with Crippen molar-refractivity contribution >= 4 is 0 Å². The highest BCUT2D eigenvalue weighted by atomic mass is 16.2. The summed E-state index contributed by atoms with van der Waals surface area (Å²) in [6.45, 7) is 8.67. The molecule has 1 fully saturated rings. The molecule has 0 amide bonds. The minimum Gasteiger partial charge on any atom is -0.396 e. The summed E-state index contributed by atoms with van der Waals surface area (Å²) in [5.74, 6) is 0.562. The van der Waals surface area contributed by atoms with Crippen molar-refractivity contribution in [2.75, 3.05) is 6.61 Å². The Bertz CT molecular complexity index is 175. The lowest BCUT2D eigenvalue weighted by molar-refractivity contribution is 0.274. The smallest absolute Gasteiger partial charge is 0.0431 e. The van der Waals surface area contributed by atoms with Crippen LogP contribution in [0.25, 0.3) is 0 Å². The van der Waals surface area contributed by atoms with E-state index in [1.165, 1.54) is 0 Å². The van der Waals surface area contributed by atoms with E-state index in [0.717, 1.165) is 25.0 Å². The minimum absolute atomic E-state index is 0.206. The van der Waals surface area contributed by atoms with Crippen molar-refractivity contribution in [1.29, 1.82) is 0 Å². The summed E-state index contributed by atoms with van der Waals surface area (Å²) in [7, 11) is 0. The molecule has 0 saturated carbocycles. The number of nitrogens with one attached hydrogen (secondary N) is 1. The van der Waals surface area contributed by atoms with Gasteiger partial charge in [0.05, 0.1) is 0 Å². The molecule has 12 heavy (non-hydrogen) atoms. The first-order chi connectivity index (χ1) is 5.55. The predicted molar refractivity (Wildman–Crippen MR) is 50.8 cm³/mol. The van der Waals surface area contributed by atoms with Crippen LogP contribution in [0.15, 0.2) is 12.3 Å². The number of aliphatic hydroxyl groups is 1. The number of hydrogen-bond acceptors (Lipinski definition) is 2. The van der Waals surface area contributed by atoms with Crippen molar-refractivity contribution in [3.05, 3.63) is 12.3 Å². The molecule has 1 saturated heterocycles. The van der Waals surface area contributed by atoms with E-state index in [4.69, 9.17) is 5.11 Å². The quantitative estimate of drug-likeness (QED) is 0.673. The number of rotatable bonds is 3. The monoisotopic (exact) mass is 169 g/mol. The molecule has 2 N–H and O–H groups in total. The van der Waals surface area contributed by atoms with Gasteiger partial charge in [0.1, 0.15) is 0 Å². The van der Waals surface area contributed by atoms with Gasteiger partial charge in [-0.1, -0.05) is 6.58 Å². The third-order valence-electron chi connectivity index (χ3n) is 2.46. The molecule has 0 aromatic rings. The molecule has 0 aromatic carbocycles. The molecule has 0 radical (unpaired) electrons. The Hall–Kier alpha value is -0.500. The summed E-state index contributed by atoms with van der Waals surface area (Å²) in [5, 5.41) is 12.1. The van der Waals surface area contributed by atoms with Gasteiger partial charge >= 0.3 is 0 Å². The van der Waals surface area contributed by atoms with Crippen LogP contribution in [-0.4, -0.2) is 17.3 Å². The molecule has 1 heterocycles. The maximum atomic E-state index is 8.69. The highest BCUT2D eigenvalue weighted by Crippen LogP contribution is 2.32.